The maximum absolute atomic E-state index is 10.6. The van der Waals surface area contributed by atoms with E-state index in [4.69, 9.17) is 10.5 Å². The zero-order valence-corrected chi connectivity index (χ0v) is 5.68. The van der Waals surface area contributed by atoms with Crippen LogP contribution in [0.15, 0.2) is 0 Å². The number of carbonyl (C=O) groups excluding carboxylic acids is 1. The van der Waals surface area contributed by atoms with E-state index >= 15 is 0 Å². The van der Waals surface area contributed by atoms with Crippen molar-refractivity contribution in [1.82, 2.24) is 0 Å². The molecule has 1 atom stereocenters. The van der Waals surface area contributed by atoms with Crippen LogP contribution in [0, 0.1) is 0 Å². The van der Waals surface area contributed by atoms with Crippen molar-refractivity contribution < 1.29 is 9.53 Å². The summed E-state index contributed by atoms with van der Waals surface area (Å²) < 4.78 is 4.90. The summed E-state index contributed by atoms with van der Waals surface area (Å²) >= 11 is 0. The van der Waals surface area contributed by atoms with Crippen LogP contribution < -0.4 is 5.73 Å². The van der Waals surface area contributed by atoms with Crippen LogP contribution in [0.1, 0.15) is 20.3 Å². The molecule has 1 rings (SSSR count). The van der Waals surface area contributed by atoms with Crippen molar-refractivity contribution in [3.63, 3.8) is 0 Å². The van der Waals surface area contributed by atoms with Gasteiger partial charge in [0.2, 0.25) is 0 Å². The Hall–Kier alpha value is -0.570. The Labute approximate surface area is 54.2 Å². The van der Waals surface area contributed by atoms with Gasteiger partial charge in [0.1, 0.15) is 11.6 Å². The first kappa shape index (κ1) is 6.55. The van der Waals surface area contributed by atoms with E-state index in [-0.39, 0.29) is 11.6 Å². The summed E-state index contributed by atoms with van der Waals surface area (Å²) in [6, 6.07) is -0.403. The molecule has 1 heterocycles. The number of hydrogen-bond donors (Lipinski definition) is 1. The molecule has 9 heavy (non-hydrogen) atoms. The SMILES string of the molecule is CC1(C)C[C@@H](N)C(=O)O1. The molecule has 0 aliphatic carbocycles. The van der Waals surface area contributed by atoms with Crippen LogP contribution in [0.5, 0.6) is 0 Å². The molecule has 1 fully saturated rings. The van der Waals surface area contributed by atoms with E-state index in [1.807, 2.05) is 13.8 Å². The maximum atomic E-state index is 10.6. The molecule has 1 aliphatic heterocycles. The number of nitrogens with two attached hydrogens (primary N) is 1. The van der Waals surface area contributed by atoms with Crippen LogP contribution in [0.3, 0.4) is 0 Å². The molecule has 2 N–H and O–H groups in total. The Balaban J connectivity index is 2.65. The van der Waals surface area contributed by atoms with E-state index in [1.54, 1.807) is 0 Å². The topological polar surface area (TPSA) is 52.3 Å². The molecule has 0 unspecified atom stereocenters. The number of rotatable bonds is 0. The fourth-order valence-electron chi connectivity index (χ4n) is 1.00. The fourth-order valence-corrected chi connectivity index (χ4v) is 1.00. The van der Waals surface area contributed by atoms with E-state index in [0.717, 1.165) is 0 Å². The van der Waals surface area contributed by atoms with Gasteiger partial charge in [-0.15, -0.1) is 0 Å². The summed E-state index contributed by atoms with van der Waals surface area (Å²) in [5.74, 6) is -0.278. The number of hydrogen-bond acceptors (Lipinski definition) is 3. The van der Waals surface area contributed by atoms with Crippen LogP contribution in [0.4, 0.5) is 0 Å². The lowest BCUT2D eigenvalue weighted by Crippen LogP contribution is -2.25. The molecule has 0 aromatic rings. The second-order valence-corrected chi connectivity index (χ2v) is 2.99. The molecule has 0 aromatic heterocycles. The molecular formula is C6H11NO2. The van der Waals surface area contributed by atoms with Crippen molar-refractivity contribution in [2.45, 2.75) is 31.9 Å². The summed E-state index contributed by atoms with van der Waals surface area (Å²) in [4.78, 5) is 10.6. The van der Waals surface area contributed by atoms with Gasteiger partial charge in [0.25, 0.3) is 0 Å². The van der Waals surface area contributed by atoms with Crippen LogP contribution in [-0.4, -0.2) is 17.6 Å². The quantitative estimate of drug-likeness (QED) is 0.470. The lowest BCUT2D eigenvalue weighted by atomic mass is 10.0. The summed E-state index contributed by atoms with van der Waals surface area (Å²) in [5, 5.41) is 0. The number of ether oxygens (including phenoxy) is 1. The van der Waals surface area contributed by atoms with E-state index < -0.39 is 6.04 Å². The normalized spacial score (nSPS) is 32.3. The molecule has 52 valence electrons. The molecule has 1 saturated heterocycles. The summed E-state index contributed by atoms with van der Waals surface area (Å²) in [7, 11) is 0. The first-order valence-corrected chi connectivity index (χ1v) is 3.00. The minimum absolute atomic E-state index is 0.278. The van der Waals surface area contributed by atoms with Gasteiger partial charge in [-0.2, -0.15) is 0 Å². The van der Waals surface area contributed by atoms with Gasteiger partial charge < -0.3 is 10.5 Å². The van der Waals surface area contributed by atoms with Gasteiger partial charge >= 0.3 is 5.97 Å². The largest absolute Gasteiger partial charge is 0.458 e. The molecule has 1 aliphatic rings. The lowest BCUT2D eigenvalue weighted by molar-refractivity contribution is -0.146. The second-order valence-electron chi connectivity index (χ2n) is 2.99. The highest BCUT2D eigenvalue weighted by molar-refractivity contribution is 5.78. The van der Waals surface area contributed by atoms with Crippen molar-refractivity contribution in [3.8, 4) is 0 Å². The maximum Gasteiger partial charge on any atom is 0.323 e. The smallest absolute Gasteiger partial charge is 0.323 e. The van der Waals surface area contributed by atoms with Crippen molar-refractivity contribution in [1.29, 1.82) is 0 Å². The average molecular weight is 129 g/mol. The van der Waals surface area contributed by atoms with Crippen molar-refractivity contribution in [3.05, 3.63) is 0 Å². The van der Waals surface area contributed by atoms with Crippen molar-refractivity contribution >= 4 is 5.97 Å². The molecule has 3 heteroatoms. The van der Waals surface area contributed by atoms with Crippen molar-refractivity contribution in [2.75, 3.05) is 0 Å². The van der Waals surface area contributed by atoms with Gasteiger partial charge in [0.05, 0.1) is 0 Å². The first-order chi connectivity index (χ1) is 4.01. The highest BCUT2D eigenvalue weighted by Gasteiger charge is 2.37. The third-order valence-electron chi connectivity index (χ3n) is 1.39. The van der Waals surface area contributed by atoms with Crippen molar-refractivity contribution in [2.24, 2.45) is 5.73 Å². The molecule has 0 saturated carbocycles. The molecule has 0 aromatic carbocycles. The standard InChI is InChI=1S/C6H11NO2/c1-6(2)3-4(7)5(8)9-6/h4H,3,7H2,1-2H3/t4-/m1/s1. The number of carbonyl (C=O) groups is 1. The molecule has 3 nitrogen and oxygen atoms in total. The van der Waals surface area contributed by atoms with E-state index in [1.165, 1.54) is 0 Å². The van der Waals surface area contributed by atoms with Gasteiger partial charge in [0.15, 0.2) is 0 Å². The molecule has 0 amide bonds. The zero-order valence-electron chi connectivity index (χ0n) is 5.68. The van der Waals surface area contributed by atoms with Gasteiger partial charge in [-0.05, 0) is 13.8 Å². The van der Waals surface area contributed by atoms with Crippen LogP contribution in [0.2, 0.25) is 0 Å². The molecule has 0 bridgehead atoms. The highest BCUT2D eigenvalue weighted by Crippen LogP contribution is 2.23. The Bertz CT molecular complexity index is 142. The summed E-state index contributed by atoms with van der Waals surface area (Å²) in [6.07, 6.45) is 0.631. The van der Waals surface area contributed by atoms with E-state index in [2.05, 4.69) is 0 Å². The lowest BCUT2D eigenvalue weighted by Gasteiger charge is -2.13. The number of esters is 1. The van der Waals surface area contributed by atoms with Crippen LogP contribution in [0.25, 0.3) is 0 Å². The van der Waals surface area contributed by atoms with Gasteiger partial charge in [0, 0.05) is 6.42 Å². The predicted octanol–water partition coefficient (Wildman–Crippen LogP) is 0.0392. The van der Waals surface area contributed by atoms with Gasteiger partial charge in [-0.25, -0.2) is 0 Å². The average Bonchev–Trinajstić information content (AvgIpc) is 1.79. The Kier molecular flexibility index (Phi) is 1.24. The Morgan fingerprint density at radius 1 is 1.78 bits per heavy atom. The Morgan fingerprint density at radius 3 is 2.44 bits per heavy atom. The molecule has 0 spiro atoms. The summed E-state index contributed by atoms with van der Waals surface area (Å²) in [5.41, 5.74) is 5.04. The third kappa shape index (κ3) is 1.21. The van der Waals surface area contributed by atoms with E-state index in [0.29, 0.717) is 6.42 Å². The monoisotopic (exact) mass is 129 g/mol. The van der Waals surface area contributed by atoms with Crippen LogP contribution in [-0.2, 0) is 9.53 Å². The Morgan fingerprint density at radius 2 is 2.33 bits per heavy atom. The first-order valence-electron chi connectivity index (χ1n) is 3.00. The fraction of sp³-hybridized carbons (Fsp3) is 0.833. The minimum Gasteiger partial charge on any atom is -0.458 e. The minimum atomic E-state index is -0.403. The van der Waals surface area contributed by atoms with Crippen LogP contribution >= 0.6 is 0 Å². The zero-order chi connectivity index (χ0) is 7.07. The van der Waals surface area contributed by atoms with Gasteiger partial charge in [-0.3, -0.25) is 4.79 Å². The summed E-state index contributed by atoms with van der Waals surface area (Å²) in [6.45, 7) is 3.72. The number of cyclic esters (lactones) is 1. The second kappa shape index (κ2) is 1.70. The predicted molar refractivity (Wildman–Crippen MR) is 32.8 cm³/mol. The van der Waals surface area contributed by atoms with E-state index in [9.17, 15) is 4.79 Å². The third-order valence-corrected chi connectivity index (χ3v) is 1.39. The molecular weight excluding hydrogens is 118 g/mol. The molecule has 0 radical (unpaired) electrons. The van der Waals surface area contributed by atoms with Gasteiger partial charge in [-0.1, -0.05) is 0 Å². The highest BCUT2D eigenvalue weighted by atomic mass is 16.6.